The first-order valence-electron chi connectivity index (χ1n) is 9.88. The molecule has 0 aromatic heterocycles. The zero-order valence-electron chi connectivity index (χ0n) is 17.7. The number of hydrogen-bond donors (Lipinski definition) is 3. The Labute approximate surface area is 179 Å². The summed E-state index contributed by atoms with van der Waals surface area (Å²) in [7, 11) is -8.80. The third kappa shape index (κ3) is 8.58. The van der Waals surface area contributed by atoms with Crippen molar-refractivity contribution in [3.8, 4) is 5.75 Å². The maximum atomic E-state index is 12.6. The molecule has 0 saturated carbocycles. The average molecular weight is 465 g/mol. The summed E-state index contributed by atoms with van der Waals surface area (Å²) in [6.45, 7) is 4.63. The minimum atomic E-state index is -4.83. The summed E-state index contributed by atoms with van der Waals surface area (Å²) in [5, 5.41) is 4.21. The molecule has 1 aromatic carbocycles. The molecule has 0 heterocycles. The molecule has 1 aromatic rings. The Morgan fingerprint density at radius 2 is 1.73 bits per heavy atom. The molecule has 0 aliphatic carbocycles. The molecule has 0 radical (unpaired) electrons. The first-order chi connectivity index (χ1) is 13.9. The number of rotatable bonds is 14. The van der Waals surface area contributed by atoms with E-state index in [1.54, 1.807) is 6.07 Å². The van der Waals surface area contributed by atoms with E-state index in [1.807, 2.05) is 5.32 Å². The number of benzene rings is 1. The lowest BCUT2D eigenvalue weighted by Crippen LogP contribution is -2.62. The molecular formula is C19H32N2O7S2. The van der Waals surface area contributed by atoms with E-state index in [9.17, 15) is 26.2 Å². The molecule has 3 N–H and O–H groups in total. The lowest BCUT2D eigenvalue weighted by molar-refractivity contribution is -0.120. The van der Waals surface area contributed by atoms with Crippen molar-refractivity contribution in [2.75, 3.05) is 12.5 Å². The molecule has 1 unspecified atom stereocenters. The Morgan fingerprint density at radius 1 is 1.10 bits per heavy atom. The SMILES string of the molecule is CCCCCCCCOc1cccc(S(=O)(=O)CNC(C)(NC(C)=O)S(=O)(=O)O)c1. The quantitative estimate of drug-likeness (QED) is 0.217. The van der Waals surface area contributed by atoms with Crippen molar-refractivity contribution in [2.24, 2.45) is 0 Å². The van der Waals surface area contributed by atoms with Gasteiger partial charge in [-0.15, -0.1) is 0 Å². The summed E-state index contributed by atoms with van der Waals surface area (Å²) >= 11 is 0. The predicted octanol–water partition coefficient (Wildman–Crippen LogP) is 2.44. The summed E-state index contributed by atoms with van der Waals surface area (Å²) < 4.78 is 63.4. The van der Waals surface area contributed by atoms with Crippen LogP contribution in [-0.4, -0.2) is 44.8 Å². The monoisotopic (exact) mass is 464 g/mol. The highest BCUT2D eigenvalue weighted by Crippen LogP contribution is 2.20. The van der Waals surface area contributed by atoms with E-state index in [-0.39, 0.29) is 4.90 Å². The van der Waals surface area contributed by atoms with Crippen LogP contribution in [0.25, 0.3) is 0 Å². The third-order valence-corrected chi connectivity index (χ3v) is 7.24. The van der Waals surface area contributed by atoms with Crippen molar-refractivity contribution in [1.29, 1.82) is 0 Å². The van der Waals surface area contributed by atoms with Crippen LogP contribution >= 0.6 is 0 Å². The third-order valence-electron chi connectivity index (χ3n) is 4.46. The van der Waals surface area contributed by atoms with E-state index in [2.05, 4.69) is 12.2 Å². The van der Waals surface area contributed by atoms with Gasteiger partial charge in [-0.2, -0.15) is 8.42 Å². The Hall–Kier alpha value is -1.69. The van der Waals surface area contributed by atoms with Crippen LogP contribution in [0.15, 0.2) is 29.2 Å². The van der Waals surface area contributed by atoms with Gasteiger partial charge in [-0.05, 0) is 31.5 Å². The fourth-order valence-corrected chi connectivity index (χ4v) is 4.53. The van der Waals surface area contributed by atoms with Gasteiger partial charge in [0.05, 0.1) is 11.5 Å². The van der Waals surface area contributed by atoms with E-state index in [0.717, 1.165) is 33.1 Å². The second-order valence-electron chi connectivity index (χ2n) is 7.22. The molecule has 0 aliphatic rings. The molecule has 9 nitrogen and oxygen atoms in total. The van der Waals surface area contributed by atoms with Crippen molar-refractivity contribution in [3.05, 3.63) is 24.3 Å². The van der Waals surface area contributed by atoms with Gasteiger partial charge in [0, 0.05) is 6.92 Å². The molecule has 30 heavy (non-hydrogen) atoms. The number of sulfone groups is 1. The van der Waals surface area contributed by atoms with Crippen LogP contribution in [0.5, 0.6) is 5.75 Å². The van der Waals surface area contributed by atoms with Crippen LogP contribution in [0.3, 0.4) is 0 Å². The van der Waals surface area contributed by atoms with Gasteiger partial charge in [0.1, 0.15) is 11.6 Å². The molecule has 0 aliphatic heterocycles. The standard InChI is InChI=1S/C19H32N2O7S2/c1-4-5-6-7-8-9-13-28-17-11-10-12-18(14-17)29(23,24)15-20-19(3,21-16(2)22)30(25,26)27/h10-12,14,20H,4-9,13,15H2,1-3H3,(H,21,22)(H,25,26,27). The zero-order valence-corrected chi connectivity index (χ0v) is 19.3. The van der Waals surface area contributed by atoms with Crippen molar-refractivity contribution in [1.82, 2.24) is 10.6 Å². The largest absolute Gasteiger partial charge is 0.494 e. The number of amides is 1. The van der Waals surface area contributed by atoms with E-state index < -0.39 is 36.7 Å². The minimum Gasteiger partial charge on any atom is -0.494 e. The van der Waals surface area contributed by atoms with Gasteiger partial charge >= 0.3 is 10.1 Å². The van der Waals surface area contributed by atoms with Gasteiger partial charge in [-0.1, -0.05) is 45.1 Å². The van der Waals surface area contributed by atoms with Gasteiger partial charge in [0.2, 0.25) is 10.9 Å². The smallest absolute Gasteiger partial charge is 0.303 e. The molecule has 0 spiro atoms. The molecule has 0 fully saturated rings. The Kier molecular flexibility index (Phi) is 10.2. The molecule has 1 rings (SSSR count). The Balaban J connectivity index is 2.74. The van der Waals surface area contributed by atoms with Gasteiger partial charge in [0.25, 0.3) is 0 Å². The maximum absolute atomic E-state index is 12.6. The molecule has 0 saturated heterocycles. The van der Waals surface area contributed by atoms with Crippen LogP contribution in [0.4, 0.5) is 0 Å². The minimum absolute atomic E-state index is 0.0732. The summed E-state index contributed by atoms with van der Waals surface area (Å²) in [6.07, 6.45) is 6.63. The summed E-state index contributed by atoms with van der Waals surface area (Å²) in [4.78, 5) is 8.83. The lowest BCUT2D eigenvalue weighted by atomic mass is 10.1. The predicted molar refractivity (Wildman–Crippen MR) is 114 cm³/mol. The second-order valence-corrected chi connectivity index (χ2v) is 11.0. The maximum Gasteiger partial charge on any atom is 0.303 e. The zero-order chi connectivity index (χ0) is 22.8. The van der Waals surface area contributed by atoms with Crippen molar-refractivity contribution < 1.29 is 30.9 Å². The first kappa shape index (κ1) is 26.3. The van der Waals surface area contributed by atoms with E-state index in [4.69, 9.17) is 4.74 Å². The average Bonchev–Trinajstić information content (AvgIpc) is 2.65. The van der Waals surface area contributed by atoms with Crippen LogP contribution in [0.2, 0.25) is 0 Å². The summed E-state index contributed by atoms with van der Waals surface area (Å²) in [5.41, 5.74) is 0. The molecule has 0 bridgehead atoms. The normalized spacial score (nSPS) is 14.1. The fraction of sp³-hybridized carbons (Fsp3) is 0.632. The number of nitrogens with one attached hydrogen (secondary N) is 2. The molecule has 1 atom stereocenters. The number of carbonyl (C=O) groups is 1. The van der Waals surface area contributed by atoms with Crippen LogP contribution in [-0.2, 0) is 24.7 Å². The van der Waals surface area contributed by atoms with E-state index in [0.29, 0.717) is 12.4 Å². The van der Waals surface area contributed by atoms with Crippen molar-refractivity contribution in [2.45, 2.75) is 69.2 Å². The summed E-state index contributed by atoms with van der Waals surface area (Å²) in [6, 6.07) is 5.89. The van der Waals surface area contributed by atoms with Crippen LogP contribution < -0.4 is 15.4 Å². The van der Waals surface area contributed by atoms with E-state index >= 15 is 0 Å². The first-order valence-corrected chi connectivity index (χ1v) is 13.0. The number of unbranched alkanes of at least 4 members (excludes halogenated alkanes) is 5. The topological polar surface area (TPSA) is 139 Å². The Bertz CT molecular complexity index is 901. The fourth-order valence-electron chi connectivity index (χ4n) is 2.68. The van der Waals surface area contributed by atoms with Gasteiger partial charge in [0.15, 0.2) is 9.84 Å². The van der Waals surface area contributed by atoms with Crippen molar-refractivity contribution >= 4 is 25.9 Å². The van der Waals surface area contributed by atoms with Crippen LogP contribution in [0, 0.1) is 0 Å². The Morgan fingerprint density at radius 3 is 2.33 bits per heavy atom. The van der Waals surface area contributed by atoms with Gasteiger partial charge in [-0.3, -0.25) is 14.7 Å². The summed E-state index contributed by atoms with van der Waals surface area (Å²) in [5.74, 6) is -1.20. The number of carbonyl (C=O) groups excluding carboxylic acids is 1. The molecular weight excluding hydrogens is 432 g/mol. The highest BCUT2D eigenvalue weighted by molar-refractivity contribution is 7.91. The number of ether oxygens (including phenoxy) is 1. The van der Waals surface area contributed by atoms with Crippen LogP contribution in [0.1, 0.15) is 59.3 Å². The van der Waals surface area contributed by atoms with E-state index in [1.165, 1.54) is 37.5 Å². The number of hydrogen-bond acceptors (Lipinski definition) is 7. The molecule has 172 valence electrons. The second kappa shape index (κ2) is 11.6. The van der Waals surface area contributed by atoms with Crippen molar-refractivity contribution in [3.63, 3.8) is 0 Å². The lowest BCUT2D eigenvalue weighted by Gasteiger charge is -2.28. The molecule has 11 heteroatoms. The molecule has 1 amide bonds. The highest BCUT2D eigenvalue weighted by atomic mass is 32.2. The van der Waals surface area contributed by atoms with Gasteiger partial charge in [-0.25, -0.2) is 8.42 Å². The van der Waals surface area contributed by atoms with Gasteiger partial charge < -0.3 is 10.1 Å². The highest BCUT2D eigenvalue weighted by Gasteiger charge is 2.39.